The number of carbonyl (C=O) groups is 2. The van der Waals surface area contributed by atoms with Crippen LogP contribution in [0, 0.1) is 5.82 Å². The number of nitrogens with one attached hydrogen (secondary N) is 2. The number of rotatable bonds is 5. The third kappa shape index (κ3) is 4.45. The predicted octanol–water partition coefficient (Wildman–Crippen LogP) is 4.76. The summed E-state index contributed by atoms with van der Waals surface area (Å²) in [6, 6.07) is 19.1. The van der Waals surface area contributed by atoms with Crippen LogP contribution in [-0.2, 0) is 10.2 Å². The molecule has 1 fully saturated rings. The van der Waals surface area contributed by atoms with Gasteiger partial charge in [0, 0.05) is 22.0 Å². The van der Waals surface area contributed by atoms with Crippen molar-refractivity contribution < 1.29 is 19.1 Å². The highest BCUT2D eigenvalue weighted by molar-refractivity contribution is 6.31. The Kier molecular flexibility index (Phi) is 5.76. The number of halogens is 2. The molecule has 1 saturated carbocycles. The molecule has 0 unspecified atom stereocenters. The van der Waals surface area contributed by atoms with E-state index >= 15 is 0 Å². The topological polar surface area (TPSA) is 78.4 Å². The van der Waals surface area contributed by atoms with E-state index < -0.39 is 11.5 Å². The number of benzene rings is 3. The Hall–Kier alpha value is -3.22. The maximum Gasteiger partial charge on any atom is 0.255 e. The monoisotopic (exact) mass is 438 g/mol. The van der Waals surface area contributed by atoms with E-state index in [0.717, 1.165) is 5.56 Å². The van der Waals surface area contributed by atoms with Crippen molar-refractivity contribution in [2.75, 3.05) is 10.6 Å². The van der Waals surface area contributed by atoms with E-state index in [1.807, 2.05) is 0 Å². The fraction of sp³-hybridized carbons (Fsp3) is 0.167. The predicted molar refractivity (Wildman–Crippen MR) is 118 cm³/mol. The van der Waals surface area contributed by atoms with E-state index in [4.69, 9.17) is 11.6 Å². The second-order valence-corrected chi connectivity index (χ2v) is 8.08. The van der Waals surface area contributed by atoms with Crippen LogP contribution in [-0.4, -0.2) is 23.0 Å². The van der Waals surface area contributed by atoms with Crippen molar-refractivity contribution in [3.63, 3.8) is 0 Å². The van der Waals surface area contributed by atoms with Gasteiger partial charge in [-0.05, 0) is 73.0 Å². The van der Waals surface area contributed by atoms with Crippen molar-refractivity contribution in [1.29, 1.82) is 0 Å². The molecule has 5 nitrogen and oxygen atoms in total. The third-order valence-electron chi connectivity index (χ3n) is 5.49. The molecule has 4 rings (SSSR count). The van der Waals surface area contributed by atoms with Crippen LogP contribution in [0.5, 0.6) is 0 Å². The second-order valence-electron chi connectivity index (χ2n) is 7.65. The Labute approximate surface area is 183 Å². The average molecular weight is 439 g/mol. The standard InChI is InChI=1S/C24H20ClFN2O3/c25-17-3-1-2-15(12-17)22(30)27-19-8-4-16(5-9-19)24(13-21(29)14-24)23(31)28-20-10-6-18(26)7-11-20/h1-12,21,29H,13-14H2,(H,27,30)(H,28,31). The zero-order valence-corrected chi connectivity index (χ0v) is 17.2. The van der Waals surface area contributed by atoms with Crippen LogP contribution in [0.2, 0.25) is 5.02 Å². The normalized spacial score (nSPS) is 19.9. The molecule has 3 N–H and O–H groups in total. The van der Waals surface area contributed by atoms with Crippen LogP contribution in [0.1, 0.15) is 28.8 Å². The molecule has 0 radical (unpaired) electrons. The first kappa shape index (κ1) is 21.0. The number of aliphatic hydroxyl groups excluding tert-OH is 1. The van der Waals surface area contributed by atoms with E-state index in [0.29, 0.717) is 22.0 Å². The van der Waals surface area contributed by atoms with Crippen molar-refractivity contribution in [3.8, 4) is 0 Å². The molecule has 0 heterocycles. The van der Waals surface area contributed by atoms with Crippen molar-refractivity contribution in [3.05, 3.63) is 94.8 Å². The van der Waals surface area contributed by atoms with Gasteiger partial charge in [-0.1, -0.05) is 29.8 Å². The van der Waals surface area contributed by atoms with Gasteiger partial charge < -0.3 is 15.7 Å². The van der Waals surface area contributed by atoms with Crippen LogP contribution in [0.4, 0.5) is 15.8 Å². The first-order valence-electron chi connectivity index (χ1n) is 9.78. The van der Waals surface area contributed by atoms with E-state index in [1.54, 1.807) is 48.5 Å². The molecular formula is C24H20ClFN2O3. The third-order valence-corrected chi connectivity index (χ3v) is 5.72. The number of hydrogen-bond donors (Lipinski definition) is 3. The van der Waals surface area contributed by atoms with Crippen LogP contribution >= 0.6 is 11.6 Å². The molecular weight excluding hydrogens is 419 g/mol. The Morgan fingerprint density at radius 3 is 2.16 bits per heavy atom. The van der Waals surface area contributed by atoms with Gasteiger partial charge in [0.2, 0.25) is 5.91 Å². The van der Waals surface area contributed by atoms with Crippen LogP contribution in [0.3, 0.4) is 0 Å². The van der Waals surface area contributed by atoms with Crippen LogP contribution < -0.4 is 10.6 Å². The minimum atomic E-state index is -0.886. The number of aliphatic hydroxyl groups is 1. The van der Waals surface area contributed by atoms with Gasteiger partial charge in [0.05, 0.1) is 11.5 Å². The summed E-state index contributed by atoms with van der Waals surface area (Å²) >= 11 is 5.94. The van der Waals surface area contributed by atoms with E-state index in [1.165, 1.54) is 24.3 Å². The minimum Gasteiger partial charge on any atom is -0.393 e. The first-order valence-corrected chi connectivity index (χ1v) is 10.2. The quantitative estimate of drug-likeness (QED) is 0.537. The average Bonchev–Trinajstić information content (AvgIpc) is 2.73. The van der Waals surface area contributed by atoms with Gasteiger partial charge >= 0.3 is 0 Å². The zero-order chi connectivity index (χ0) is 22.0. The van der Waals surface area contributed by atoms with Crippen molar-refractivity contribution in [2.45, 2.75) is 24.4 Å². The largest absolute Gasteiger partial charge is 0.393 e. The molecule has 0 atom stereocenters. The Morgan fingerprint density at radius 1 is 0.935 bits per heavy atom. The highest BCUT2D eigenvalue weighted by Crippen LogP contribution is 2.45. The van der Waals surface area contributed by atoms with E-state index in [2.05, 4.69) is 10.6 Å². The van der Waals surface area contributed by atoms with Crippen LogP contribution in [0.15, 0.2) is 72.8 Å². The lowest BCUT2D eigenvalue weighted by Gasteiger charge is -2.44. The highest BCUT2D eigenvalue weighted by Gasteiger charge is 2.50. The summed E-state index contributed by atoms with van der Waals surface area (Å²) in [5, 5.41) is 16.0. The smallest absolute Gasteiger partial charge is 0.255 e. The van der Waals surface area contributed by atoms with Gasteiger partial charge in [0.25, 0.3) is 5.91 Å². The van der Waals surface area contributed by atoms with Gasteiger partial charge in [-0.25, -0.2) is 4.39 Å². The Balaban J connectivity index is 1.50. The van der Waals surface area contributed by atoms with Crippen LogP contribution in [0.25, 0.3) is 0 Å². The van der Waals surface area contributed by atoms with Gasteiger partial charge in [-0.2, -0.15) is 0 Å². The number of hydrogen-bond acceptors (Lipinski definition) is 3. The second kappa shape index (κ2) is 8.49. The summed E-state index contributed by atoms with van der Waals surface area (Å²) in [6.45, 7) is 0. The molecule has 0 bridgehead atoms. The minimum absolute atomic E-state index is 0.264. The molecule has 158 valence electrons. The van der Waals surface area contributed by atoms with E-state index in [-0.39, 0.29) is 30.5 Å². The molecule has 31 heavy (non-hydrogen) atoms. The van der Waals surface area contributed by atoms with Gasteiger partial charge in [-0.3, -0.25) is 9.59 Å². The van der Waals surface area contributed by atoms with Crippen molar-refractivity contribution in [1.82, 2.24) is 0 Å². The lowest BCUT2D eigenvalue weighted by molar-refractivity contribution is -0.129. The summed E-state index contributed by atoms with van der Waals surface area (Å²) < 4.78 is 13.1. The number of carbonyl (C=O) groups excluding carboxylic acids is 2. The maximum absolute atomic E-state index is 13.1. The maximum atomic E-state index is 13.1. The molecule has 3 aromatic carbocycles. The summed E-state index contributed by atoms with van der Waals surface area (Å²) in [4.78, 5) is 25.4. The van der Waals surface area contributed by atoms with Gasteiger partial charge in [-0.15, -0.1) is 0 Å². The number of anilines is 2. The molecule has 0 saturated heterocycles. The highest BCUT2D eigenvalue weighted by atomic mass is 35.5. The summed E-state index contributed by atoms with van der Waals surface area (Å²) in [5.74, 6) is -0.944. The van der Waals surface area contributed by atoms with Gasteiger partial charge in [0.15, 0.2) is 0 Å². The molecule has 0 aliphatic heterocycles. The molecule has 3 aromatic rings. The molecule has 1 aliphatic carbocycles. The SMILES string of the molecule is O=C(Nc1ccc(C2(C(=O)Nc3ccc(F)cc3)CC(O)C2)cc1)c1cccc(Cl)c1. The zero-order valence-electron chi connectivity index (χ0n) is 16.4. The summed E-state index contributed by atoms with van der Waals surface area (Å²) in [7, 11) is 0. The summed E-state index contributed by atoms with van der Waals surface area (Å²) in [5.41, 5.74) is 1.34. The first-order chi connectivity index (χ1) is 14.9. The molecule has 7 heteroatoms. The van der Waals surface area contributed by atoms with Crippen molar-refractivity contribution in [2.24, 2.45) is 0 Å². The summed E-state index contributed by atoms with van der Waals surface area (Å²) in [6.07, 6.45) is 0.00357. The van der Waals surface area contributed by atoms with E-state index in [9.17, 15) is 19.1 Å². The molecule has 1 aliphatic rings. The molecule has 2 amide bonds. The Morgan fingerprint density at radius 2 is 1.55 bits per heavy atom. The van der Waals surface area contributed by atoms with Gasteiger partial charge in [0.1, 0.15) is 5.82 Å². The Bertz CT molecular complexity index is 1110. The molecule has 0 spiro atoms. The molecule has 0 aromatic heterocycles. The lowest BCUT2D eigenvalue weighted by Crippen LogP contribution is -2.53. The fourth-order valence-corrected chi connectivity index (χ4v) is 3.98. The number of amides is 2. The van der Waals surface area contributed by atoms with Crippen molar-refractivity contribution >= 4 is 34.8 Å². The fourth-order valence-electron chi connectivity index (χ4n) is 3.79. The lowest BCUT2D eigenvalue weighted by atomic mass is 9.62.